The van der Waals surface area contributed by atoms with E-state index in [2.05, 4.69) is 10.6 Å². The number of phenols is 1. The number of hydrogen-bond donors (Lipinski definition) is 4. The predicted octanol–water partition coefficient (Wildman–Crippen LogP) is 1.18. The van der Waals surface area contributed by atoms with Gasteiger partial charge in [-0.3, -0.25) is 4.79 Å². The smallest absolute Gasteiger partial charge is 0.405 e. The van der Waals surface area contributed by atoms with Crippen LogP contribution in [0.25, 0.3) is 6.08 Å². The monoisotopic (exact) mass is 264 g/mol. The molecule has 1 aromatic rings. The number of carbonyl (C=O) groups excluding carboxylic acids is 1. The van der Waals surface area contributed by atoms with Crippen LogP contribution in [0.4, 0.5) is 4.79 Å². The lowest BCUT2D eigenvalue weighted by atomic mass is 10.2. The van der Waals surface area contributed by atoms with Gasteiger partial charge in [-0.15, -0.1) is 0 Å². The molecule has 0 aliphatic rings. The summed E-state index contributed by atoms with van der Waals surface area (Å²) in [5.74, 6) is -0.197. The summed E-state index contributed by atoms with van der Waals surface area (Å²) in [6.45, 7) is 1.76. The number of nitrogens with one attached hydrogen (secondary N) is 2. The lowest BCUT2D eigenvalue weighted by molar-refractivity contribution is -0.122. The molecule has 0 aromatic heterocycles. The largest absolute Gasteiger partial charge is 0.508 e. The molecule has 1 aromatic carbocycles. The molecule has 102 valence electrons. The van der Waals surface area contributed by atoms with Gasteiger partial charge in [0, 0.05) is 6.54 Å². The van der Waals surface area contributed by atoms with Crippen LogP contribution in [0.5, 0.6) is 5.75 Å². The highest BCUT2D eigenvalue weighted by atomic mass is 16.4. The summed E-state index contributed by atoms with van der Waals surface area (Å²) in [5, 5.41) is 22.2. The van der Waals surface area contributed by atoms with Gasteiger partial charge in [0.25, 0.3) is 0 Å². The van der Waals surface area contributed by atoms with Crippen molar-refractivity contribution in [1.29, 1.82) is 0 Å². The molecule has 4 N–H and O–H groups in total. The second kappa shape index (κ2) is 7.05. The van der Waals surface area contributed by atoms with Crippen LogP contribution < -0.4 is 10.6 Å². The zero-order chi connectivity index (χ0) is 14.3. The molecule has 0 unspecified atom stereocenters. The van der Waals surface area contributed by atoms with Gasteiger partial charge >= 0.3 is 6.09 Å². The van der Waals surface area contributed by atoms with E-state index < -0.39 is 18.0 Å². The first-order valence-corrected chi connectivity index (χ1v) is 5.72. The van der Waals surface area contributed by atoms with Crippen LogP contribution in [0.15, 0.2) is 30.3 Å². The van der Waals surface area contributed by atoms with Gasteiger partial charge in [-0.25, -0.2) is 4.79 Å². The summed E-state index contributed by atoms with van der Waals surface area (Å²) in [6.07, 6.45) is 2.29. The molecule has 0 fully saturated rings. The van der Waals surface area contributed by atoms with E-state index in [4.69, 9.17) is 10.2 Å². The Morgan fingerprint density at radius 2 is 1.95 bits per heavy atom. The lowest BCUT2D eigenvalue weighted by Gasteiger charge is -2.10. The minimum atomic E-state index is -1.23. The van der Waals surface area contributed by atoms with Crippen LogP contribution in [0.2, 0.25) is 0 Å². The number of aromatic hydroxyl groups is 1. The van der Waals surface area contributed by atoms with Gasteiger partial charge in [-0.05, 0) is 24.6 Å². The number of benzene rings is 1. The number of carboxylic acid groups (broad SMARTS) is 1. The van der Waals surface area contributed by atoms with Gasteiger partial charge in [0.15, 0.2) is 0 Å². The first-order valence-electron chi connectivity index (χ1n) is 5.72. The molecule has 6 heteroatoms. The second-order valence-corrected chi connectivity index (χ2v) is 3.91. The standard InChI is InChI=1S/C13H16N2O4/c1-9(15-13(18)19)12(17)14-8-2-3-10-4-6-11(16)7-5-10/h2-7,9,15-16H,8H2,1H3,(H,14,17)(H,18,19)/b3-2+/t9-/m1/s1. The quantitative estimate of drug-likeness (QED) is 0.641. The molecule has 2 amide bonds. The molecule has 0 saturated carbocycles. The average Bonchev–Trinajstić information content (AvgIpc) is 2.35. The molecular formula is C13H16N2O4. The Balaban J connectivity index is 2.35. The van der Waals surface area contributed by atoms with E-state index in [0.29, 0.717) is 6.54 Å². The fourth-order valence-corrected chi connectivity index (χ4v) is 1.34. The zero-order valence-electron chi connectivity index (χ0n) is 10.5. The SMILES string of the molecule is C[C@@H](NC(=O)O)C(=O)NC/C=C/c1ccc(O)cc1. The Hall–Kier alpha value is -2.50. The summed E-state index contributed by atoms with van der Waals surface area (Å²) in [7, 11) is 0. The Labute approximate surface area is 110 Å². The first kappa shape index (κ1) is 14.6. The third kappa shape index (κ3) is 5.58. The first-order chi connectivity index (χ1) is 8.99. The maximum absolute atomic E-state index is 11.4. The van der Waals surface area contributed by atoms with Gasteiger partial charge in [0.05, 0.1) is 0 Å². The highest BCUT2D eigenvalue weighted by Crippen LogP contribution is 2.10. The average molecular weight is 264 g/mol. The molecule has 0 saturated heterocycles. The minimum absolute atomic E-state index is 0.194. The van der Waals surface area contributed by atoms with E-state index in [1.54, 1.807) is 36.4 Å². The van der Waals surface area contributed by atoms with Crippen LogP contribution in [-0.4, -0.2) is 34.8 Å². The summed E-state index contributed by atoms with van der Waals surface area (Å²) >= 11 is 0. The summed E-state index contributed by atoms with van der Waals surface area (Å²) in [4.78, 5) is 21.8. The summed E-state index contributed by atoms with van der Waals surface area (Å²) < 4.78 is 0. The normalized spacial score (nSPS) is 12.1. The molecule has 1 rings (SSSR count). The maximum Gasteiger partial charge on any atom is 0.405 e. The maximum atomic E-state index is 11.4. The molecule has 19 heavy (non-hydrogen) atoms. The third-order valence-electron chi connectivity index (χ3n) is 2.33. The Kier molecular flexibility index (Phi) is 5.40. The van der Waals surface area contributed by atoms with E-state index in [-0.39, 0.29) is 5.75 Å². The number of rotatable bonds is 5. The molecule has 1 atom stereocenters. The molecule has 0 bridgehead atoms. The lowest BCUT2D eigenvalue weighted by Crippen LogP contribution is -2.44. The van der Waals surface area contributed by atoms with E-state index in [1.807, 2.05) is 0 Å². The molecule has 0 aliphatic heterocycles. The highest BCUT2D eigenvalue weighted by Gasteiger charge is 2.13. The molecule has 0 radical (unpaired) electrons. The molecule has 0 heterocycles. The number of amides is 2. The van der Waals surface area contributed by atoms with Crippen molar-refractivity contribution in [2.24, 2.45) is 0 Å². The van der Waals surface area contributed by atoms with Crippen molar-refractivity contribution in [3.8, 4) is 5.75 Å². The topological polar surface area (TPSA) is 98.7 Å². The van der Waals surface area contributed by atoms with Gasteiger partial charge in [0.1, 0.15) is 11.8 Å². The van der Waals surface area contributed by atoms with Crippen LogP contribution in [0.1, 0.15) is 12.5 Å². The molecule has 0 spiro atoms. The molecule has 0 aliphatic carbocycles. The van der Waals surface area contributed by atoms with E-state index >= 15 is 0 Å². The minimum Gasteiger partial charge on any atom is -0.508 e. The van der Waals surface area contributed by atoms with Crippen molar-refractivity contribution in [2.75, 3.05) is 6.54 Å². The van der Waals surface area contributed by atoms with E-state index in [0.717, 1.165) is 5.56 Å². The number of hydrogen-bond acceptors (Lipinski definition) is 3. The van der Waals surface area contributed by atoms with Crippen LogP contribution in [-0.2, 0) is 4.79 Å². The van der Waals surface area contributed by atoms with Crippen molar-refractivity contribution in [1.82, 2.24) is 10.6 Å². The van der Waals surface area contributed by atoms with Crippen molar-refractivity contribution < 1.29 is 19.8 Å². The van der Waals surface area contributed by atoms with Crippen LogP contribution in [0, 0.1) is 0 Å². The van der Waals surface area contributed by atoms with Crippen molar-refractivity contribution in [2.45, 2.75) is 13.0 Å². The van der Waals surface area contributed by atoms with Crippen LogP contribution >= 0.6 is 0 Å². The Morgan fingerprint density at radius 1 is 1.32 bits per heavy atom. The van der Waals surface area contributed by atoms with Gasteiger partial charge < -0.3 is 20.8 Å². The number of carbonyl (C=O) groups is 2. The summed E-state index contributed by atoms with van der Waals surface area (Å²) in [5.41, 5.74) is 0.892. The predicted molar refractivity (Wildman–Crippen MR) is 70.8 cm³/mol. The van der Waals surface area contributed by atoms with E-state index in [9.17, 15) is 9.59 Å². The van der Waals surface area contributed by atoms with Crippen LogP contribution in [0.3, 0.4) is 0 Å². The fraction of sp³-hybridized carbons (Fsp3) is 0.231. The Morgan fingerprint density at radius 3 is 2.53 bits per heavy atom. The molecular weight excluding hydrogens is 248 g/mol. The summed E-state index contributed by atoms with van der Waals surface area (Å²) in [6, 6.07) is 5.82. The molecule has 6 nitrogen and oxygen atoms in total. The third-order valence-corrected chi connectivity index (χ3v) is 2.33. The zero-order valence-corrected chi connectivity index (χ0v) is 10.5. The van der Waals surface area contributed by atoms with Crippen molar-refractivity contribution >= 4 is 18.1 Å². The van der Waals surface area contributed by atoms with Gasteiger partial charge in [-0.2, -0.15) is 0 Å². The Bertz CT molecular complexity index is 468. The van der Waals surface area contributed by atoms with Gasteiger partial charge in [-0.1, -0.05) is 24.3 Å². The fourth-order valence-electron chi connectivity index (χ4n) is 1.34. The highest BCUT2D eigenvalue weighted by molar-refractivity contribution is 5.84. The van der Waals surface area contributed by atoms with Crippen molar-refractivity contribution in [3.05, 3.63) is 35.9 Å². The van der Waals surface area contributed by atoms with Gasteiger partial charge in [0.2, 0.25) is 5.91 Å². The second-order valence-electron chi connectivity index (χ2n) is 3.91. The van der Waals surface area contributed by atoms with E-state index in [1.165, 1.54) is 6.92 Å². The number of phenolic OH excluding ortho intramolecular Hbond substituents is 1. The van der Waals surface area contributed by atoms with Crippen molar-refractivity contribution in [3.63, 3.8) is 0 Å².